The van der Waals surface area contributed by atoms with E-state index < -0.39 is 0 Å². The van der Waals surface area contributed by atoms with Gasteiger partial charge in [0.05, 0.1) is 0 Å². The number of hydrogen-bond donors (Lipinski definition) is 1. The van der Waals surface area contributed by atoms with E-state index >= 15 is 0 Å². The second kappa shape index (κ2) is 6.36. The molecule has 0 aromatic rings. The van der Waals surface area contributed by atoms with Gasteiger partial charge in [-0.05, 0) is 38.3 Å². The predicted octanol–water partition coefficient (Wildman–Crippen LogP) is 1.65. The summed E-state index contributed by atoms with van der Waals surface area (Å²) in [5, 5.41) is 3.73. The highest BCUT2D eigenvalue weighted by molar-refractivity contribution is 4.89. The number of likely N-dealkylation sites (tertiary alicyclic amines) is 1. The van der Waals surface area contributed by atoms with Crippen LogP contribution in [0.25, 0.3) is 0 Å². The minimum atomic E-state index is 0.687. The maximum Gasteiger partial charge on any atom is 0.0218 e. The van der Waals surface area contributed by atoms with E-state index in [9.17, 15) is 0 Å². The average molecular weight is 253 g/mol. The molecule has 2 rings (SSSR count). The summed E-state index contributed by atoms with van der Waals surface area (Å²) in [6.07, 6.45) is 2.67. The van der Waals surface area contributed by atoms with Crippen LogP contribution in [0.15, 0.2) is 0 Å². The summed E-state index contributed by atoms with van der Waals surface area (Å²) in [6.45, 7) is 13.3. The first-order valence-corrected chi connectivity index (χ1v) is 7.76. The topological polar surface area (TPSA) is 18.5 Å². The zero-order valence-electron chi connectivity index (χ0n) is 12.7. The number of nitrogens with zero attached hydrogens (tertiary/aromatic N) is 2. The highest BCUT2D eigenvalue weighted by Crippen LogP contribution is 2.21. The molecule has 18 heavy (non-hydrogen) atoms. The van der Waals surface area contributed by atoms with E-state index in [2.05, 4.69) is 42.9 Å². The molecule has 0 spiro atoms. The lowest BCUT2D eigenvalue weighted by atomic mass is 9.96. The molecular weight excluding hydrogens is 222 g/mol. The highest BCUT2D eigenvalue weighted by atomic mass is 15.2. The summed E-state index contributed by atoms with van der Waals surface area (Å²) < 4.78 is 0. The van der Waals surface area contributed by atoms with Gasteiger partial charge in [0.2, 0.25) is 0 Å². The van der Waals surface area contributed by atoms with Gasteiger partial charge in [-0.1, -0.05) is 20.8 Å². The Labute approximate surface area is 113 Å². The molecule has 0 amide bonds. The molecule has 2 saturated heterocycles. The Kier molecular flexibility index (Phi) is 5.05. The quantitative estimate of drug-likeness (QED) is 0.822. The molecular formula is C15H31N3. The number of nitrogens with one attached hydrogen (secondary N) is 1. The Balaban J connectivity index is 1.89. The van der Waals surface area contributed by atoms with Gasteiger partial charge in [0.15, 0.2) is 0 Å². The van der Waals surface area contributed by atoms with Gasteiger partial charge in [0, 0.05) is 38.3 Å². The molecule has 2 aliphatic rings. The molecule has 106 valence electrons. The second-order valence-corrected chi connectivity index (χ2v) is 6.69. The molecule has 2 aliphatic heterocycles. The zero-order valence-corrected chi connectivity index (χ0v) is 12.7. The Bertz CT molecular complexity index is 254. The fourth-order valence-corrected chi connectivity index (χ4v) is 3.46. The normalized spacial score (nSPS) is 35.5. The van der Waals surface area contributed by atoms with E-state index in [0.717, 1.165) is 17.9 Å². The largest absolute Gasteiger partial charge is 0.311 e. The molecule has 0 aliphatic carbocycles. The summed E-state index contributed by atoms with van der Waals surface area (Å²) in [5.41, 5.74) is 0. The Morgan fingerprint density at radius 3 is 2.61 bits per heavy atom. The van der Waals surface area contributed by atoms with E-state index in [-0.39, 0.29) is 0 Å². The molecule has 3 atom stereocenters. The fraction of sp³-hybridized carbons (Fsp3) is 1.00. The van der Waals surface area contributed by atoms with Crippen LogP contribution in [0.3, 0.4) is 0 Å². The first kappa shape index (κ1) is 14.3. The molecule has 2 heterocycles. The summed E-state index contributed by atoms with van der Waals surface area (Å²) in [7, 11) is 2.26. The van der Waals surface area contributed by atoms with Gasteiger partial charge >= 0.3 is 0 Å². The van der Waals surface area contributed by atoms with E-state index in [0.29, 0.717) is 6.04 Å². The van der Waals surface area contributed by atoms with Crippen molar-refractivity contribution in [2.24, 2.45) is 11.8 Å². The van der Waals surface area contributed by atoms with Gasteiger partial charge in [0.25, 0.3) is 0 Å². The van der Waals surface area contributed by atoms with Crippen molar-refractivity contribution in [3.63, 3.8) is 0 Å². The predicted molar refractivity (Wildman–Crippen MR) is 77.9 cm³/mol. The van der Waals surface area contributed by atoms with Crippen molar-refractivity contribution in [2.45, 2.75) is 45.7 Å². The maximum atomic E-state index is 3.73. The molecule has 3 heteroatoms. The van der Waals surface area contributed by atoms with Gasteiger partial charge in [-0.15, -0.1) is 0 Å². The Hall–Kier alpha value is -0.120. The minimum absolute atomic E-state index is 0.687. The third kappa shape index (κ3) is 3.46. The number of rotatable bonds is 4. The summed E-state index contributed by atoms with van der Waals surface area (Å²) in [5.74, 6) is 1.64. The van der Waals surface area contributed by atoms with Crippen molar-refractivity contribution in [1.29, 1.82) is 0 Å². The molecule has 0 aromatic carbocycles. The van der Waals surface area contributed by atoms with Crippen LogP contribution in [0.2, 0.25) is 0 Å². The molecule has 2 fully saturated rings. The Morgan fingerprint density at radius 1 is 1.28 bits per heavy atom. The smallest absolute Gasteiger partial charge is 0.0218 e. The van der Waals surface area contributed by atoms with Crippen LogP contribution in [0, 0.1) is 11.8 Å². The van der Waals surface area contributed by atoms with Gasteiger partial charge in [-0.2, -0.15) is 0 Å². The molecule has 3 nitrogen and oxygen atoms in total. The lowest BCUT2D eigenvalue weighted by Crippen LogP contribution is -2.58. The van der Waals surface area contributed by atoms with Crippen LogP contribution in [0.5, 0.6) is 0 Å². The summed E-state index contributed by atoms with van der Waals surface area (Å²) in [4.78, 5) is 5.25. The van der Waals surface area contributed by atoms with Gasteiger partial charge in [0.1, 0.15) is 0 Å². The lowest BCUT2D eigenvalue weighted by Gasteiger charge is -2.42. The van der Waals surface area contributed by atoms with Crippen molar-refractivity contribution < 1.29 is 0 Å². The molecule has 1 N–H and O–H groups in total. The molecule has 0 radical (unpaired) electrons. The first-order valence-electron chi connectivity index (χ1n) is 7.76. The van der Waals surface area contributed by atoms with Crippen molar-refractivity contribution in [3.8, 4) is 0 Å². The molecule has 3 unspecified atom stereocenters. The Morgan fingerprint density at radius 2 is 2.06 bits per heavy atom. The van der Waals surface area contributed by atoms with Crippen LogP contribution >= 0.6 is 0 Å². The van der Waals surface area contributed by atoms with Crippen LogP contribution in [0.1, 0.15) is 33.6 Å². The van der Waals surface area contributed by atoms with E-state index in [1.165, 1.54) is 45.6 Å². The van der Waals surface area contributed by atoms with Crippen LogP contribution in [-0.2, 0) is 0 Å². The average Bonchev–Trinajstić information content (AvgIpc) is 2.74. The van der Waals surface area contributed by atoms with Crippen LogP contribution in [0.4, 0.5) is 0 Å². The van der Waals surface area contributed by atoms with Gasteiger partial charge in [-0.3, -0.25) is 4.90 Å². The SMILES string of the molecule is CCC1CNC(C(C)C)CN1CC1CCN(C)C1. The van der Waals surface area contributed by atoms with Crippen LogP contribution < -0.4 is 5.32 Å². The van der Waals surface area contributed by atoms with E-state index in [1.807, 2.05) is 0 Å². The standard InChI is InChI=1S/C15H31N3/c1-5-14-8-16-15(12(2)3)11-18(14)10-13-6-7-17(4)9-13/h12-16H,5-11H2,1-4H3. The van der Waals surface area contributed by atoms with Crippen molar-refractivity contribution in [3.05, 3.63) is 0 Å². The van der Waals surface area contributed by atoms with Gasteiger partial charge < -0.3 is 10.2 Å². The van der Waals surface area contributed by atoms with Gasteiger partial charge in [-0.25, -0.2) is 0 Å². The lowest BCUT2D eigenvalue weighted by molar-refractivity contribution is 0.0940. The maximum absolute atomic E-state index is 3.73. The summed E-state index contributed by atoms with van der Waals surface area (Å²) >= 11 is 0. The number of piperazine rings is 1. The zero-order chi connectivity index (χ0) is 13.1. The molecule has 0 aromatic heterocycles. The molecule has 0 saturated carbocycles. The van der Waals surface area contributed by atoms with E-state index in [1.54, 1.807) is 0 Å². The summed E-state index contributed by atoms with van der Waals surface area (Å²) in [6, 6.07) is 1.44. The third-order valence-corrected chi connectivity index (χ3v) is 4.82. The van der Waals surface area contributed by atoms with Crippen LogP contribution in [-0.4, -0.2) is 61.7 Å². The minimum Gasteiger partial charge on any atom is -0.311 e. The van der Waals surface area contributed by atoms with Crippen molar-refractivity contribution in [2.75, 3.05) is 39.8 Å². The number of hydrogen-bond acceptors (Lipinski definition) is 3. The second-order valence-electron chi connectivity index (χ2n) is 6.69. The fourth-order valence-electron chi connectivity index (χ4n) is 3.46. The van der Waals surface area contributed by atoms with Crippen molar-refractivity contribution >= 4 is 0 Å². The van der Waals surface area contributed by atoms with E-state index in [4.69, 9.17) is 0 Å². The third-order valence-electron chi connectivity index (χ3n) is 4.82. The first-order chi connectivity index (χ1) is 8.60. The monoisotopic (exact) mass is 253 g/mol. The van der Waals surface area contributed by atoms with Crippen molar-refractivity contribution in [1.82, 2.24) is 15.1 Å². The molecule has 0 bridgehead atoms. The highest BCUT2D eigenvalue weighted by Gasteiger charge is 2.31.